The van der Waals surface area contributed by atoms with E-state index in [1.807, 2.05) is 0 Å². The van der Waals surface area contributed by atoms with E-state index in [1.54, 1.807) is 24.3 Å². The fourth-order valence-electron chi connectivity index (χ4n) is 2.13. The molecule has 0 spiro atoms. The summed E-state index contributed by atoms with van der Waals surface area (Å²) in [6.45, 7) is 0. The van der Waals surface area contributed by atoms with Crippen LogP contribution in [0.25, 0.3) is 6.08 Å². The van der Waals surface area contributed by atoms with Crippen molar-refractivity contribution in [3.8, 4) is 11.5 Å². The van der Waals surface area contributed by atoms with Crippen LogP contribution in [0.3, 0.4) is 0 Å². The third-order valence-corrected chi connectivity index (χ3v) is 3.66. The predicted molar refractivity (Wildman–Crippen MR) is 90.6 cm³/mol. The van der Waals surface area contributed by atoms with Crippen molar-refractivity contribution >= 4 is 28.1 Å². The number of aliphatic imine (C=N–C) groups is 1. The summed E-state index contributed by atoms with van der Waals surface area (Å²) in [7, 11) is -3.74. The summed E-state index contributed by atoms with van der Waals surface area (Å²) in [4.78, 5) is 16.1. The summed E-state index contributed by atoms with van der Waals surface area (Å²) in [6.07, 6.45) is 2.41. The highest BCUT2D eigenvalue weighted by Crippen LogP contribution is 2.26. The minimum absolute atomic E-state index is 0.0161. The lowest BCUT2D eigenvalue weighted by Crippen LogP contribution is -2.11. The molecule has 7 nitrogen and oxygen atoms in total. The van der Waals surface area contributed by atoms with Gasteiger partial charge in [0.25, 0.3) is 0 Å². The van der Waals surface area contributed by atoms with Gasteiger partial charge in [-0.25, -0.2) is 9.79 Å². The van der Waals surface area contributed by atoms with Crippen LogP contribution < -0.4 is 4.18 Å². The normalized spacial score (nSPS) is 15.8. The third kappa shape index (κ3) is 4.04. The number of phenolic OH excluding ortho intramolecular Hbond substituents is 1. The highest BCUT2D eigenvalue weighted by molar-refractivity contribution is 7.86. The lowest BCUT2D eigenvalue weighted by Gasteiger charge is -2.07. The SMILES string of the molecule is CS(=O)(=O)Oc1ccccc1C1=N/C(=C\c2ccc(O)cc2)C(=O)O1. The van der Waals surface area contributed by atoms with Crippen molar-refractivity contribution < 1.29 is 27.2 Å². The van der Waals surface area contributed by atoms with Gasteiger partial charge in [-0.1, -0.05) is 24.3 Å². The predicted octanol–water partition coefficient (Wildman–Crippen LogP) is 2.08. The van der Waals surface area contributed by atoms with E-state index in [2.05, 4.69) is 4.99 Å². The Morgan fingerprint density at radius 1 is 1.12 bits per heavy atom. The first kappa shape index (κ1) is 16.7. The molecule has 25 heavy (non-hydrogen) atoms. The lowest BCUT2D eigenvalue weighted by atomic mass is 10.2. The van der Waals surface area contributed by atoms with Crippen LogP contribution in [0.4, 0.5) is 0 Å². The molecule has 3 rings (SSSR count). The molecular formula is C17H13NO6S. The van der Waals surface area contributed by atoms with Crippen molar-refractivity contribution in [1.82, 2.24) is 0 Å². The topological polar surface area (TPSA) is 102 Å². The zero-order valence-corrected chi connectivity index (χ0v) is 13.9. The molecule has 0 aliphatic carbocycles. The van der Waals surface area contributed by atoms with Gasteiger partial charge in [0.1, 0.15) is 5.75 Å². The summed E-state index contributed by atoms with van der Waals surface area (Å²) < 4.78 is 32.8. The molecule has 128 valence electrons. The molecule has 1 heterocycles. The zero-order chi connectivity index (χ0) is 18.0. The van der Waals surface area contributed by atoms with Gasteiger partial charge in [-0.2, -0.15) is 8.42 Å². The van der Waals surface area contributed by atoms with Gasteiger partial charge in [0.2, 0.25) is 5.90 Å². The van der Waals surface area contributed by atoms with Gasteiger partial charge >= 0.3 is 16.1 Å². The standard InChI is InChI=1S/C17H13NO6S/c1-25(21,22)24-15-5-3-2-4-13(15)16-18-14(17(20)23-16)10-11-6-8-12(19)9-7-11/h2-10,19H,1H3/b14-10-. The van der Waals surface area contributed by atoms with E-state index >= 15 is 0 Å². The fourth-order valence-corrected chi connectivity index (χ4v) is 2.60. The average Bonchev–Trinajstić information content (AvgIpc) is 2.89. The Morgan fingerprint density at radius 3 is 2.48 bits per heavy atom. The maximum atomic E-state index is 12.0. The quantitative estimate of drug-likeness (QED) is 0.509. The van der Waals surface area contributed by atoms with Crippen LogP contribution in [0.1, 0.15) is 11.1 Å². The first-order valence-electron chi connectivity index (χ1n) is 7.12. The number of nitrogens with zero attached hydrogens (tertiary/aromatic N) is 1. The Balaban J connectivity index is 1.97. The molecule has 1 N–H and O–H groups in total. The van der Waals surface area contributed by atoms with Crippen LogP contribution in [0.15, 0.2) is 59.2 Å². The summed E-state index contributed by atoms with van der Waals surface area (Å²) in [5.41, 5.74) is 0.945. The largest absolute Gasteiger partial charge is 0.508 e. The van der Waals surface area contributed by atoms with Crippen molar-refractivity contribution in [3.05, 3.63) is 65.4 Å². The van der Waals surface area contributed by atoms with Crippen molar-refractivity contribution in [3.63, 3.8) is 0 Å². The second-order valence-corrected chi connectivity index (χ2v) is 6.79. The van der Waals surface area contributed by atoms with Crippen LogP contribution in [0.5, 0.6) is 11.5 Å². The second-order valence-electron chi connectivity index (χ2n) is 5.21. The molecule has 0 saturated heterocycles. The number of para-hydroxylation sites is 1. The van der Waals surface area contributed by atoms with E-state index in [0.717, 1.165) is 6.26 Å². The Morgan fingerprint density at radius 2 is 1.80 bits per heavy atom. The molecule has 0 bridgehead atoms. The van der Waals surface area contributed by atoms with Crippen molar-refractivity contribution in [2.45, 2.75) is 0 Å². The molecule has 0 unspecified atom stereocenters. The molecule has 0 radical (unpaired) electrons. The monoisotopic (exact) mass is 359 g/mol. The number of hydrogen-bond acceptors (Lipinski definition) is 7. The summed E-state index contributed by atoms with van der Waals surface area (Å²) in [5, 5.41) is 9.28. The van der Waals surface area contributed by atoms with Crippen molar-refractivity contribution in [2.75, 3.05) is 6.26 Å². The highest BCUT2D eigenvalue weighted by Gasteiger charge is 2.27. The molecular weight excluding hydrogens is 346 g/mol. The summed E-state index contributed by atoms with van der Waals surface area (Å²) in [6, 6.07) is 12.4. The third-order valence-electron chi connectivity index (χ3n) is 3.18. The fraction of sp³-hybridized carbons (Fsp3) is 0.0588. The molecule has 0 amide bonds. The lowest BCUT2D eigenvalue weighted by molar-refractivity contribution is -0.129. The minimum Gasteiger partial charge on any atom is -0.508 e. The molecule has 0 fully saturated rings. The number of cyclic esters (lactones) is 1. The smallest absolute Gasteiger partial charge is 0.363 e. The van der Waals surface area contributed by atoms with E-state index in [1.165, 1.54) is 30.3 Å². The molecule has 0 saturated carbocycles. The first-order valence-corrected chi connectivity index (χ1v) is 8.94. The van der Waals surface area contributed by atoms with Gasteiger partial charge in [0.15, 0.2) is 11.4 Å². The van der Waals surface area contributed by atoms with Crippen LogP contribution in [-0.4, -0.2) is 31.6 Å². The number of aromatic hydroxyl groups is 1. The van der Waals surface area contributed by atoms with E-state index in [9.17, 15) is 18.3 Å². The average molecular weight is 359 g/mol. The first-order chi connectivity index (χ1) is 11.8. The van der Waals surface area contributed by atoms with E-state index in [-0.39, 0.29) is 28.7 Å². The highest BCUT2D eigenvalue weighted by atomic mass is 32.2. The van der Waals surface area contributed by atoms with Crippen LogP contribution in [0, 0.1) is 0 Å². The number of carbonyl (C=O) groups is 1. The van der Waals surface area contributed by atoms with Gasteiger partial charge in [0, 0.05) is 0 Å². The van der Waals surface area contributed by atoms with Gasteiger partial charge < -0.3 is 14.0 Å². The van der Waals surface area contributed by atoms with E-state index < -0.39 is 16.1 Å². The van der Waals surface area contributed by atoms with E-state index in [0.29, 0.717) is 5.56 Å². The van der Waals surface area contributed by atoms with Gasteiger partial charge in [-0.15, -0.1) is 0 Å². The summed E-state index contributed by atoms with van der Waals surface area (Å²) in [5.74, 6) is -0.596. The van der Waals surface area contributed by atoms with Crippen molar-refractivity contribution in [1.29, 1.82) is 0 Å². The van der Waals surface area contributed by atoms with Crippen LogP contribution in [-0.2, 0) is 19.6 Å². The number of esters is 1. The molecule has 8 heteroatoms. The number of ether oxygens (including phenoxy) is 1. The molecule has 0 atom stereocenters. The Hall–Kier alpha value is -3.13. The summed E-state index contributed by atoms with van der Waals surface area (Å²) >= 11 is 0. The number of benzene rings is 2. The molecule has 2 aromatic carbocycles. The van der Waals surface area contributed by atoms with Gasteiger partial charge in [0.05, 0.1) is 11.8 Å². The Kier molecular flexibility index (Phi) is 4.28. The molecule has 1 aliphatic heterocycles. The van der Waals surface area contributed by atoms with Crippen LogP contribution in [0.2, 0.25) is 0 Å². The Labute approximate surface area is 144 Å². The molecule has 2 aromatic rings. The minimum atomic E-state index is -3.74. The van der Waals surface area contributed by atoms with E-state index in [4.69, 9.17) is 8.92 Å². The number of carbonyl (C=O) groups excluding carboxylic acids is 1. The zero-order valence-electron chi connectivity index (χ0n) is 13.0. The Bertz CT molecular complexity index is 990. The number of hydrogen-bond donors (Lipinski definition) is 1. The maximum Gasteiger partial charge on any atom is 0.363 e. The van der Waals surface area contributed by atoms with Gasteiger partial charge in [-0.05, 0) is 35.9 Å². The maximum absolute atomic E-state index is 12.0. The van der Waals surface area contributed by atoms with Crippen LogP contribution >= 0.6 is 0 Å². The van der Waals surface area contributed by atoms with Crippen molar-refractivity contribution in [2.24, 2.45) is 4.99 Å². The molecule has 1 aliphatic rings. The van der Waals surface area contributed by atoms with Gasteiger partial charge in [-0.3, -0.25) is 0 Å². The molecule has 0 aromatic heterocycles. The second kappa shape index (κ2) is 6.40. The number of rotatable bonds is 4. The number of phenols is 1.